The van der Waals surface area contributed by atoms with E-state index in [0.29, 0.717) is 11.8 Å². The van der Waals surface area contributed by atoms with Crippen molar-refractivity contribution >= 4 is 16.9 Å². The molecule has 2 heterocycles. The Morgan fingerprint density at radius 3 is 2.33 bits per heavy atom. The molecule has 0 radical (unpaired) electrons. The number of nitrogens with zero attached hydrogens (tertiary/aromatic N) is 4. The molecule has 4 rings (SSSR count). The van der Waals surface area contributed by atoms with E-state index in [4.69, 9.17) is 9.72 Å². The van der Waals surface area contributed by atoms with Crippen LogP contribution in [0.5, 0.6) is 5.75 Å². The van der Waals surface area contributed by atoms with E-state index < -0.39 is 5.41 Å². The van der Waals surface area contributed by atoms with Crippen LogP contribution in [-0.2, 0) is 16.8 Å². The zero-order valence-electron chi connectivity index (χ0n) is 25.9. The number of carbonyl (C=O) groups excluding carboxylic acids is 1. The zero-order valence-corrected chi connectivity index (χ0v) is 25.9. The Labute approximate surface area is 241 Å². The highest BCUT2D eigenvalue weighted by molar-refractivity contribution is 5.90. The van der Waals surface area contributed by atoms with E-state index >= 15 is 0 Å². The number of piperidine rings is 1. The maximum atomic E-state index is 14.0. The van der Waals surface area contributed by atoms with Crippen molar-refractivity contribution in [3.05, 3.63) is 48.0 Å². The van der Waals surface area contributed by atoms with Gasteiger partial charge in [0.1, 0.15) is 11.6 Å². The molecule has 0 aliphatic carbocycles. The molecule has 6 heteroatoms. The van der Waals surface area contributed by atoms with E-state index in [1.807, 2.05) is 12.1 Å². The second-order valence-electron chi connectivity index (χ2n) is 12.9. The number of carbonyl (C=O) groups is 1. The van der Waals surface area contributed by atoms with E-state index in [2.05, 4.69) is 86.2 Å². The number of benzene rings is 2. The molecule has 0 atom stereocenters. The molecule has 3 aromatic rings. The van der Waals surface area contributed by atoms with Gasteiger partial charge in [0.25, 0.3) is 0 Å². The first-order chi connectivity index (χ1) is 19.1. The molecule has 0 saturated carbocycles. The van der Waals surface area contributed by atoms with Crippen molar-refractivity contribution in [1.82, 2.24) is 19.4 Å². The van der Waals surface area contributed by atoms with Gasteiger partial charge in [0, 0.05) is 25.2 Å². The molecule has 0 spiro atoms. The number of fused-ring (bicyclic) bond motifs is 1. The van der Waals surface area contributed by atoms with Crippen molar-refractivity contribution in [1.29, 1.82) is 0 Å². The highest BCUT2D eigenvalue weighted by Crippen LogP contribution is 2.33. The van der Waals surface area contributed by atoms with Gasteiger partial charge >= 0.3 is 0 Å². The van der Waals surface area contributed by atoms with Crippen LogP contribution in [-0.4, -0.2) is 65.1 Å². The van der Waals surface area contributed by atoms with Crippen LogP contribution in [0.2, 0.25) is 0 Å². The standard InChI is InChI=1S/C34H50N4O2/c1-25(2)23-37(24-26(3)4)33(39)34(5,6)28-15-16-30-31(22-28)38(20-12-19-36-17-9-8-10-18-36)32(35-30)27-13-11-14-29(21-27)40-7/h11,13-16,21-22,25-26H,8-10,12,17-20,23-24H2,1-7H3. The summed E-state index contributed by atoms with van der Waals surface area (Å²) in [7, 11) is 1.70. The molecule has 1 amide bonds. The summed E-state index contributed by atoms with van der Waals surface area (Å²) in [6, 6.07) is 14.6. The normalized spacial score (nSPS) is 14.8. The van der Waals surface area contributed by atoms with Crippen LogP contribution in [0.15, 0.2) is 42.5 Å². The molecule has 0 unspecified atom stereocenters. The summed E-state index contributed by atoms with van der Waals surface area (Å²) in [6.45, 7) is 18.8. The maximum Gasteiger partial charge on any atom is 0.232 e. The summed E-state index contributed by atoms with van der Waals surface area (Å²) in [5, 5.41) is 0. The van der Waals surface area contributed by atoms with Crippen molar-refractivity contribution in [2.75, 3.05) is 39.8 Å². The monoisotopic (exact) mass is 546 g/mol. The topological polar surface area (TPSA) is 50.6 Å². The van der Waals surface area contributed by atoms with E-state index in [0.717, 1.165) is 66.3 Å². The number of hydrogen-bond acceptors (Lipinski definition) is 4. The first kappa shape index (κ1) is 30.1. The fraction of sp³-hybridized carbons (Fsp3) is 0.588. The number of rotatable bonds is 12. The fourth-order valence-corrected chi connectivity index (χ4v) is 6.00. The number of methoxy groups -OCH3 is 1. The number of aryl methyl sites for hydroxylation is 1. The molecule has 1 aliphatic heterocycles. The Morgan fingerprint density at radius 2 is 1.68 bits per heavy atom. The molecule has 1 aromatic heterocycles. The quantitative estimate of drug-likeness (QED) is 0.245. The van der Waals surface area contributed by atoms with Gasteiger partial charge in [-0.3, -0.25) is 4.79 Å². The van der Waals surface area contributed by atoms with Crippen LogP contribution < -0.4 is 4.74 Å². The van der Waals surface area contributed by atoms with Gasteiger partial charge in [0.2, 0.25) is 5.91 Å². The van der Waals surface area contributed by atoms with Gasteiger partial charge < -0.3 is 19.1 Å². The minimum Gasteiger partial charge on any atom is -0.497 e. The fourth-order valence-electron chi connectivity index (χ4n) is 6.00. The predicted octanol–water partition coefficient (Wildman–Crippen LogP) is 7.01. The molecule has 0 N–H and O–H groups in total. The second-order valence-corrected chi connectivity index (χ2v) is 12.9. The minimum atomic E-state index is -0.642. The highest BCUT2D eigenvalue weighted by Gasteiger charge is 2.35. The van der Waals surface area contributed by atoms with Crippen LogP contribution in [0.3, 0.4) is 0 Å². The number of amides is 1. The Bertz CT molecular complexity index is 1260. The van der Waals surface area contributed by atoms with Crippen molar-refractivity contribution in [3.63, 3.8) is 0 Å². The Hall–Kier alpha value is -2.86. The lowest BCUT2D eigenvalue weighted by Crippen LogP contribution is -2.46. The number of ether oxygens (including phenoxy) is 1. The smallest absolute Gasteiger partial charge is 0.232 e. The van der Waals surface area contributed by atoms with E-state index in [9.17, 15) is 4.79 Å². The lowest BCUT2D eigenvalue weighted by atomic mass is 9.82. The zero-order chi connectivity index (χ0) is 28.9. The molecule has 2 aromatic carbocycles. The average Bonchev–Trinajstić information content (AvgIpc) is 3.30. The first-order valence-corrected chi connectivity index (χ1v) is 15.3. The number of likely N-dealkylation sites (tertiary alicyclic amines) is 1. The van der Waals surface area contributed by atoms with Crippen molar-refractivity contribution in [2.45, 2.75) is 79.2 Å². The number of aromatic nitrogens is 2. The average molecular weight is 547 g/mol. The Morgan fingerprint density at radius 1 is 0.975 bits per heavy atom. The summed E-state index contributed by atoms with van der Waals surface area (Å²) < 4.78 is 7.89. The molecule has 6 nitrogen and oxygen atoms in total. The summed E-state index contributed by atoms with van der Waals surface area (Å²) >= 11 is 0. The van der Waals surface area contributed by atoms with Gasteiger partial charge in [-0.05, 0) is 94.4 Å². The lowest BCUT2D eigenvalue weighted by Gasteiger charge is -2.34. The van der Waals surface area contributed by atoms with Crippen molar-refractivity contribution in [2.24, 2.45) is 11.8 Å². The number of hydrogen-bond donors (Lipinski definition) is 0. The molecule has 40 heavy (non-hydrogen) atoms. The van der Waals surface area contributed by atoms with Gasteiger partial charge in [-0.1, -0.05) is 52.3 Å². The van der Waals surface area contributed by atoms with Crippen molar-refractivity contribution in [3.8, 4) is 17.1 Å². The second kappa shape index (κ2) is 13.2. The Kier molecular flexibility index (Phi) is 9.94. The molecule has 1 aliphatic rings. The van der Waals surface area contributed by atoms with E-state index in [1.165, 1.54) is 32.4 Å². The van der Waals surface area contributed by atoms with E-state index in [1.54, 1.807) is 7.11 Å². The predicted molar refractivity (Wildman–Crippen MR) is 166 cm³/mol. The van der Waals surface area contributed by atoms with Crippen LogP contribution in [0, 0.1) is 11.8 Å². The summed E-state index contributed by atoms with van der Waals surface area (Å²) in [5.74, 6) is 2.82. The van der Waals surface area contributed by atoms with Gasteiger partial charge in [0.05, 0.1) is 23.6 Å². The highest BCUT2D eigenvalue weighted by atomic mass is 16.5. The largest absolute Gasteiger partial charge is 0.497 e. The third-order valence-electron chi connectivity index (χ3n) is 8.10. The van der Waals surface area contributed by atoms with Crippen LogP contribution >= 0.6 is 0 Å². The van der Waals surface area contributed by atoms with E-state index in [-0.39, 0.29) is 5.91 Å². The molecule has 0 bridgehead atoms. The molecular weight excluding hydrogens is 496 g/mol. The van der Waals surface area contributed by atoms with Crippen LogP contribution in [0.4, 0.5) is 0 Å². The maximum absolute atomic E-state index is 14.0. The summed E-state index contributed by atoms with van der Waals surface area (Å²) in [6.07, 6.45) is 5.03. The molecular formula is C34H50N4O2. The third kappa shape index (κ3) is 7.06. The van der Waals surface area contributed by atoms with Crippen molar-refractivity contribution < 1.29 is 9.53 Å². The SMILES string of the molecule is COc1cccc(-c2nc3ccc(C(C)(C)C(=O)N(CC(C)C)CC(C)C)cc3n2CCCN2CCCCC2)c1. The Balaban J connectivity index is 1.71. The van der Waals surface area contributed by atoms with Gasteiger partial charge in [-0.2, -0.15) is 0 Å². The molecule has 1 saturated heterocycles. The van der Waals surface area contributed by atoms with Crippen LogP contribution in [0.1, 0.15) is 72.8 Å². The van der Waals surface area contributed by atoms with Gasteiger partial charge in [-0.25, -0.2) is 4.98 Å². The van der Waals surface area contributed by atoms with Crippen LogP contribution in [0.25, 0.3) is 22.4 Å². The molecule has 218 valence electrons. The third-order valence-corrected chi connectivity index (χ3v) is 8.10. The van der Waals surface area contributed by atoms with Gasteiger partial charge in [-0.15, -0.1) is 0 Å². The number of imidazole rings is 1. The first-order valence-electron chi connectivity index (χ1n) is 15.3. The molecule has 1 fully saturated rings. The summed E-state index contributed by atoms with van der Waals surface area (Å²) in [5.41, 5.74) is 3.50. The van der Waals surface area contributed by atoms with Gasteiger partial charge in [0.15, 0.2) is 0 Å². The lowest BCUT2D eigenvalue weighted by molar-refractivity contribution is -0.137. The minimum absolute atomic E-state index is 0.193. The summed E-state index contributed by atoms with van der Waals surface area (Å²) in [4.78, 5) is 23.8.